The first-order valence-corrected chi connectivity index (χ1v) is 10.2. The molecule has 3 rings (SSSR count). The second kappa shape index (κ2) is 7.03. The summed E-state index contributed by atoms with van der Waals surface area (Å²) in [5.41, 5.74) is 1.89. The van der Waals surface area contributed by atoms with Gasteiger partial charge in [-0.25, -0.2) is 13.2 Å². The van der Waals surface area contributed by atoms with Crippen molar-refractivity contribution in [3.05, 3.63) is 29.8 Å². The third-order valence-electron chi connectivity index (χ3n) is 4.80. The molecule has 3 atom stereocenters. The fourth-order valence-electron chi connectivity index (χ4n) is 3.50. The van der Waals surface area contributed by atoms with E-state index >= 15 is 0 Å². The van der Waals surface area contributed by atoms with Crippen molar-refractivity contribution < 1.29 is 18.0 Å². The maximum absolute atomic E-state index is 12.2. The quantitative estimate of drug-likeness (QED) is 0.523. The smallest absolute Gasteiger partial charge is 0.315 e. The molecule has 0 spiro atoms. The number of carbonyl (C=O) groups is 2. The van der Waals surface area contributed by atoms with Gasteiger partial charge in [0.1, 0.15) is 0 Å². The van der Waals surface area contributed by atoms with Crippen LogP contribution in [0.4, 0.5) is 10.5 Å². The fourth-order valence-corrected chi connectivity index (χ4v) is 5.77. The molecule has 8 heteroatoms. The second-order valence-electron chi connectivity index (χ2n) is 6.78. The van der Waals surface area contributed by atoms with E-state index in [1.807, 2.05) is 31.2 Å². The first-order valence-electron chi connectivity index (χ1n) is 8.50. The lowest BCUT2D eigenvalue weighted by Crippen LogP contribution is -2.39. The number of rotatable bonds is 6. The zero-order valence-electron chi connectivity index (χ0n) is 14.1. The summed E-state index contributed by atoms with van der Waals surface area (Å²) in [5, 5.41) is 7.62. The van der Waals surface area contributed by atoms with Gasteiger partial charge in [-0.15, -0.1) is 0 Å². The topological polar surface area (TPSA) is 104 Å². The summed E-state index contributed by atoms with van der Waals surface area (Å²) in [7, 11) is -3.20. The van der Waals surface area contributed by atoms with E-state index in [1.165, 1.54) is 0 Å². The van der Waals surface area contributed by atoms with E-state index in [-0.39, 0.29) is 29.8 Å². The summed E-state index contributed by atoms with van der Waals surface area (Å²) in [6.45, 7) is 1.98. The van der Waals surface area contributed by atoms with E-state index in [1.54, 1.807) is 0 Å². The third-order valence-corrected chi connectivity index (χ3v) is 7.07. The lowest BCUT2D eigenvalue weighted by molar-refractivity contribution is -0.116. The first kappa shape index (κ1) is 17.7. The van der Waals surface area contributed by atoms with Crippen molar-refractivity contribution in [1.29, 1.82) is 0 Å². The summed E-state index contributed by atoms with van der Waals surface area (Å²) in [5.74, 6) is -0.0820. The summed E-state index contributed by atoms with van der Waals surface area (Å²) >= 11 is 0. The van der Waals surface area contributed by atoms with Crippen molar-refractivity contribution in [2.24, 2.45) is 0 Å². The van der Waals surface area contributed by atoms with Crippen molar-refractivity contribution in [1.82, 2.24) is 10.6 Å². The number of unbranched alkanes of at least 4 members (excludes halogenated alkanes) is 1. The Bertz CT molecular complexity index is 761. The van der Waals surface area contributed by atoms with Crippen LogP contribution < -0.4 is 16.0 Å². The van der Waals surface area contributed by atoms with E-state index in [9.17, 15) is 18.0 Å². The van der Waals surface area contributed by atoms with E-state index in [0.717, 1.165) is 11.3 Å². The van der Waals surface area contributed by atoms with Crippen molar-refractivity contribution in [2.75, 3.05) is 11.1 Å². The van der Waals surface area contributed by atoms with E-state index in [4.69, 9.17) is 0 Å². The summed E-state index contributed by atoms with van der Waals surface area (Å²) in [6, 6.07) is 6.60. The Balaban J connectivity index is 1.44. The van der Waals surface area contributed by atoms with Crippen LogP contribution in [0.1, 0.15) is 31.2 Å². The molecule has 2 fully saturated rings. The molecule has 25 heavy (non-hydrogen) atoms. The van der Waals surface area contributed by atoms with Gasteiger partial charge in [0.2, 0.25) is 5.91 Å². The van der Waals surface area contributed by atoms with E-state index in [2.05, 4.69) is 16.0 Å². The first-order chi connectivity index (χ1) is 11.8. The van der Waals surface area contributed by atoms with Crippen LogP contribution in [-0.4, -0.2) is 43.4 Å². The maximum Gasteiger partial charge on any atom is 0.315 e. The fraction of sp³-hybridized carbons (Fsp3) is 0.529. The van der Waals surface area contributed by atoms with Crippen molar-refractivity contribution >= 4 is 27.5 Å². The van der Waals surface area contributed by atoms with E-state index in [0.29, 0.717) is 25.7 Å². The SMILES string of the molecule is Cc1ccc(NC(=O)CCCC[C@@H]2[C@@H]3NC(=O)N[C@H]3CS2(=O)=O)cc1. The molecule has 136 valence electrons. The molecule has 2 aliphatic rings. The number of urea groups is 1. The molecule has 0 aromatic heterocycles. The molecular formula is C17H23N3O4S. The van der Waals surface area contributed by atoms with Crippen LogP contribution in [0.2, 0.25) is 0 Å². The van der Waals surface area contributed by atoms with Crippen LogP contribution in [0.25, 0.3) is 0 Å². The third kappa shape index (κ3) is 4.12. The highest BCUT2D eigenvalue weighted by Crippen LogP contribution is 2.28. The molecular weight excluding hydrogens is 342 g/mol. The number of nitrogens with one attached hydrogen (secondary N) is 3. The van der Waals surface area contributed by atoms with Gasteiger partial charge in [0, 0.05) is 12.1 Å². The van der Waals surface area contributed by atoms with Gasteiger partial charge < -0.3 is 16.0 Å². The number of aryl methyl sites for hydroxylation is 1. The highest BCUT2D eigenvalue weighted by molar-refractivity contribution is 7.92. The van der Waals surface area contributed by atoms with Crippen LogP contribution in [-0.2, 0) is 14.6 Å². The maximum atomic E-state index is 12.2. The number of amides is 3. The minimum atomic E-state index is -3.20. The Kier molecular flexibility index (Phi) is 4.99. The van der Waals surface area contributed by atoms with Gasteiger partial charge in [-0.1, -0.05) is 24.1 Å². The van der Waals surface area contributed by atoms with Crippen LogP contribution in [0.3, 0.4) is 0 Å². The Morgan fingerprint density at radius 3 is 2.64 bits per heavy atom. The standard InChI is InChI=1S/C17H23N3O4S/c1-11-6-8-12(9-7-11)18-15(21)5-3-2-4-14-16-13(10-25(14,23)24)19-17(22)20-16/h6-9,13-14,16H,2-5,10H2,1H3,(H,18,21)(H2,19,20,22)/t13-,14+,16+/m0/s1. The predicted molar refractivity (Wildman–Crippen MR) is 95.1 cm³/mol. The van der Waals surface area contributed by atoms with Crippen LogP contribution in [0.15, 0.2) is 24.3 Å². The zero-order chi connectivity index (χ0) is 18.0. The van der Waals surface area contributed by atoms with Gasteiger partial charge in [0.05, 0.1) is 23.1 Å². The Labute approximate surface area is 147 Å². The molecule has 0 unspecified atom stereocenters. The number of hydrogen-bond acceptors (Lipinski definition) is 4. The van der Waals surface area contributed by atoms with Crippen molar-refractivity contribution in [3.63, 3.8) is 0 Å². The van der Waals surface area contributed by atoms with Gasteiger partial charge in [0.25, 0.3) is 0 Å². The van der Waals surface area contributed by atoms with Gasteiger partial charge in [0.15, 0.2) is 9.84 Å². The molecule has 2 saturated heterocycles. The summed E-state index contributed by atoms with van der Waals surface area (Å²) in [6.07, 6.45) is 2.05. The Morgan fingerprint density at radius 2 is 1.92 bits per heavy atom. The molecule has 0 bridgehead atoms. The number of sulfone groups is 1. The molecule has 2 aliphatic heterocycles. The molecule has 1 aromatic rings. The van der Waals surface area contributed by atoms with Crippen LogP contribution in [0, 0.1) is 6.92 Å². The number of benzene rings is 1. The number of anilines is 1. The molecule has 3 amide bonds. The highest BCUT2D eigenvalue weighted by atomic mass is 32.2. The lowest BCUT2D eigenvalue weighted by Gasteiger charge is -2.16. The summed E-state index contributed by atoms with van der Waals surface area (Å²) in [4.78, 5) is 23.3. The number of fused-ring (bicyclic) bond motifs is 1. The average molecular weight is 365 g/mol. The van der Waals surface area contributed by atoms with E-state index < -0.39 is 15.1 Å². The zero-order valence-corrected chi connectivity index (χ0v) is 14.9. The van der Waals surface area contributed by atoms with Gasteiger partial charge >= 0.3 is 6.03 Å². The normalized spacial score (nSPS) is 26.6. The molecule has 0 radical (unpaired) electrons. The highest BCUT2D eigenvalue weighted by Gasteiger charge is 2.51. The van der Waals surface area contributed by atoms with Crippen LogP contribution in [0.5, 0.6) is 0 Å². The molecule has 1 aromatic carbocycles. The van der Waals surface area contributed by atoms with Gasteiger partial charge in [-0.3, -0.25) is 4.79 Å². The number of carbonyl (C=O) groups excluding carboxylic acids is 2. The average Bonchev–Trinajstić information content (AvgIpc) is 2.98. The van der Waals surface area contributed by atoms with Crippen molar-refractivity contribution in [2.45, 2.75) is 49.9 Å². The van der Waals surface area contributed by atoms with Gasteiger partial charge in [-0.05, 0) is 31.9 Å². The van der Waals surface area contributed by atoms with Gasteiger partial charge in [-0.2, -0.15) is 0 Å². The minimum absolute atomic E-state index is 0.00498. The van der Waals surface area contributed by atoms with Crippen molar-refractivity contribution in [3.8, 4) is 0 Å². The molecule has 3 N–H and O–H groups in total. The largest absolute Gasteiger partial charge is 0.332 e. The lowest BCUT2D eigenvalue weighted by atomic mass is 10.0. The second-order valence-corrected chi connectivity index (χ2v) is 9.04. The minimum Gasteiger partial charge on any atom is -0.332 e. The predicted octanol–water partition coefficient (Wildman–Crippen LogP) is 1.34. The molecule has 0 aliphatic carbocycles. The number of hydrogen-bond donors (Lipinski definition) is 3. The van der Waals surface area contributed by atoms with Crippen LogP contribution >= 0.6 is 0 Å². The molecule has 7 nitrogen and oxygen atoms in total. The monoisotopic (exact) mass is 365 g/mol. The Morgan fingerprint density at radius 1 is 1.20 bits per heavy atom. The summed E-state index contributed by atoms with van der Waals surface area (Å²) < 4.78 is 24.4. The Hall–Kier alpha value is -2.09. The molecule has 2 heterocycles. The molecule has 0 saturated carbocycles.